The van der Waals surface area contributed by atoms with Crippen molar-refractivity contribution in [2.24, 2.45) is 0 Å². The molecule has 1 fully saturated rings. The van der Waals surface area contributed by atoms with E-state index < -0.39 is 30.5 Å². The van der Waals surface area contributed by atoms with Crippen molar-refractivity contribution < 1.29 is 43.4 Å². The van der Waals surface area contributed by atoms with E-state index in [-0.39, 0.29) is 19.1 Å². The minimum absolute atomic E-state index is 0.147. The first-order chi connectivity index (χ1) is 21.8. The number of benzene rings is 2. The first kappa shape index (κ1) is 31.8. The number of aliphatic hydroxyl groups excluding tert-OH is 2. The van der Waals surface area contributed by atoms with Crippen molar-refractivity contribution in [1.29, 1.82) is 0 Å². The number of carbonyl (C=O) groups is 1. The molecule has 0 spiro atoms. The van der Waals surface area contributed by atoms with Gasteiger partial charge in [-0.2, -0.15) is 0 Å². The van der Waals surface area contributed by atoms with Crippen molar-refractivity contribution >= 4 is 23.0 Å². The highest BCUT2D eigenvalue weighted by molar-refractivity contribution is 5.83. The second-order valence-corrected chi connectivity index (χ2v) is 10.4. The molecule has 5 atom stereocenters. The molecule has 1 unspecified atom stereocenters. The number of nitrogens with zero attached hydrogens (tertiary/aromatic N) is 4. The van der Waals surface area contributed by atoms with Gasteiger partial charge < -0.3 is 44.0 Å². The molecule has 0 saturated carbocycles. The maximum absolute atomic E-state index is 12.4. The minimum atomic E-state index is -1.32. The van der Waals surface area contributed by atoms with E-state index in [1.165, 1.54) is 17.2 Å². The molecule has 14 nitrogen and oxygen atoms in total. The Balaban J connectivity index is 1.25. The summed E-state index contributed by atoms with van der Waals surface area (Å²) in [4.78, 5) is 25.6. The summed E-state index contributed by atoms with van der Waals surface area (Å²) in [6, 6.07) is 10.8. The molecule has 0 radical (unpaired) electrons. The van der Waals surface area contributed by atoms with Crippen molar-refractivity contribution in [3.05, 3.63) is 60.2 Å². The number of hydrogen-bond acceptors (Lipinski definition) is 13. The molecule has 240 valence electrons. The number of anilines is 1. The Morgan fingerprint density at radius 1 is 0.978 bits per heavy atom. The monoisotopic (exact) mass is 623 g/mol. The lowest BCUT2D eigenvalue weighted by atomic mass is 10.1. The number of aryl methyl sites for hydroxylation is 1. The average Bonchev–Trinajstić information content (AvgIpc) is 3.62. The Hall–Kier alpha value is -4.66. The fourth-order valence-electron chi connectivity index (χ4n) is 5.17. The van der Waals surface area contributed by atoms with Crippen LogP contribution in [-0.2, 0) is 20.7 Å². The van der Waals surface area contributed by atoms with Crippen LogP contribution in [-0.4, -0.2) is 89.1 Å². The number of carbonyl (C=O) groups excluding carboxylic acids is 1. The van der Waals surface area contributed by atoms with Crippen LogP contribution in [0.5, 0.6) is 23.0 Å². The van der Waals surface area contributed by atoms with Gasteiger partial charge in [-0.3, -0.25) is 9.36 Å². The quantitative estimate of drug-likeness (QED) is 0.186. The summed E-state index contributed by atoms with van der Waals surface area (Å²) in [6.45, 7) is 1.71. The molecular weight excluding hydrogens is 586 g/mol. The number of hydrogen-bond donors (Lipinski definition) is 3. The SMILES string of the molecule is COc1ccc(CCC(=O)OC[C@H]2O[C@@H](n3cnc4c(NC(C)c5cc(OC)c(OC)c(OC)c5)ncnc43)[C@H](O)[C@@H]2O)cc1. The molecule has 0 bridgehead atoms. The van der Waals surface area contributed by atoms with Crippen LogP contribution in [0.2, 0.25) is 0 Å². The zero-order valence-electron chi connectivity index (χ0n) is 25.7. The number of esters is 1. The van der Waals surface area contributed by atoms with Gasteiger partial charge in [0.15, 0.2) is 34.7 Å². The molecule has 5 rings (SSSR count). The molecule has 1 aliphatic rings. The Kier molecular flexibility index (Phi) is 9.86. The van der Waals surface area contributed by atoms with Gasteiger partial charge in [0.05, 0.1) is 40.8 Å². The van der Waals surface area contributed by atoms with Gasteiger partial charge in [-0.25, -0.2) is 15.0 Å². The Labute approximate surface area is 259 Å². The maximum Gasteiger partial charge on any atom is 0.306 e. The van der Waals surface area contributed by atoms with Gasteiger partial charge in [0.25, 0.3) is 0 Å². The fourth-order valence-corrected chi connectivity index (χ4v) is 5.17. The summed E-state index contributed by atoms with van der Waals surface area (Å²) in [6.07, 6.45) is -1.15. The number of ether oxygens (including phenoxy) is 6. The summed E-state index contributed by atoms with van der Waals surface area (Å²) < 4.78 is 34.4. The highest BCUT2D eigenvalue weighted by Crippen LogP contribution is 2.40. The third kappa shape index (κ3) is 6.72. The van der Waals surface area contributed by atoms with E-state index >= 15 is 0 Å². The van der Waals surface area contributed by atoms with E-state index in [9.17, 15) is 15.0 Å². The number of aromatic nitrogens is 4. The second kappa shape index (κ2) is 14.0. The molecule has 0 amide bonds. The Morgan fingerprint density at radius 2 is 1.69 bits per heavy atom. The molecule has 14 heteroatoms. The first-order valence-corrected chi connectivity index (χ1v) is 14.3. The van der Waals surface area contributed by atoms with Crippen LogP contribution in [0.1, 0.15) is 36.7 Å². The summed E-state index contributed by atoms with van der Waals surface area (Å²) in [7, 11) is 6.23. The standard InChI is InChI=1S/C31H37N5O9/c1-17(19-12-21(41-3)28(43-5)22(13-19)42-4)35-29-25-30(33-15-32-29)36(16-34-25)31-27(39)26(38)23(45-31)14-44-24(37)11-8-18-6-9-20(40-2)10-7-18/h6-7,9-10,12-13,15-17,23,26-27,31,38-39H,8,11,14H2,1-5H3,(H,32,33,35)/t17?,23-,26-,27-,31-/m1/s1. The first-order valence-electron chi connectivity index (χ1n) is 14.3. The van der Waals surface area contributed by atoms with E-state index in [1.807, 2.05) is 43.3 Å². The van der Waals surface area contributed by atoms with Crippen molar-refractivity contribution in [3.8, 4) is 23.0 Å². The van der Waals surface area contributed by atoms with Gasteiger partial charge >= 0.3 is 5.97 Å². The average molecular weight is 624 g/mol. The molecule has 3 N–H and O–H groups in total. The topological polar surface area (TPSA) is 169 Å². The lowest BCUT2D eigenvalue weighted by molar-refractivity contribution is -0.150. The third-order valence-electron chi connectivity index (χ3n) is 7.70. The van der Waals surface area contributed by atoms with Gasteiger partial charge in [-0.15, -0.1) is 0 Å². The second-order valence-electron chi connectivity index (χ2n) is 10.4. The van der Waals surface area contributed by atoms with Crippen LogP contribution in [0, 0.1) is 0 Å². The fraction of sp³-hybridized carbons (Fsp3) is 0.419. The van der Waals surface area contributed by atoms with Gasteiger partial charge in [-0.05, 0) is 48.7 Å². The maximum atomic E-state index is 12.4. The van der Waals surface area contributed by atoms with Gasteiger partial charge in [0.1, 0.15) is 37.0 Å². The van der Waals surface area contributed by atoms with Gasteiger partial charge in [0.2, 0.25) is 5.75 Å². The normalized spacial score (nSPS) is 20.1. The number of fused-ring (bicyclic) bond motifs is 1. The van der Waals surface area contributed by atoms with E-state index in [1.54, 1.807) is 28.4 Å². The van der Waals surface area contributed by atoms with Crippen LogP contribution in [0.4, 0.5) is 5.82 Å². The molecular formula is C31H37N5O9. The van der Waals surface area contributed by atoms with Crippen molar-refractivity contribution in [1.82, 2.24) is 19.5 Å². The Morgan fingerprint density at radius 3 is 2.33 bits per heavy atom. The highest BCUT2D eigenvalue weighted by Gasteiger charge is 2.45. The molecule has 1 saturated heterocycles. The van der Waals surface area contributed by atoms with Crippen LogP contribution in [0.3, 0.4) is 0 Å². The molecule has 2 aromatic heterocycles. The molecule has 0 aliphatic carbocycles. The number of rotatable bonds is 13. The zero-order valence-corrected chi connectivity index (χ0v) is 25.7. The summed E-state index contributed by atoms with van der Waals surface area (Å²) in [5.41, 5.74) is 2.60. The largest absolute Gasteiger partial charge is 0.497 e. The van der Waals surface area contributed by atoms with Crippen LogP contribution in [0.15, 0.2) is 49.1 Å². The lowest BCUT2D eigenvalue weighted by Crippen LogP contribution is -2.34. The third-order valence-corrected chi connectivity index (χ3v) is 7.70. The van der Waals surface area contributed by atoms with E-state index in [2.05, 4.69) is 20.3 Å². The summed E-state index contributed by atoms with van der Waals surface area (Å²) in [5.74, 6) is 2.24. The molecule has 1 aliphatic heterocycles. The lowest BCUT2D eigenvalue weighted by Gasteiger charge is -2.19. The predicted octanol–water partition coefficient (Wildman–Crippen LogP) is 2.83. The molecule has 4 aromatic rings. The van der Waals surface area contributed by atoms with Gasteiger partial charge in [-0.1, -0.05) is 12.1 Å². The predicted molar refractivity (Wildman–Crippen MR) is 162 cm³/mol. The molecule has 3 heterocycles. The van der Waals surface area contributed by atoms with Crippen LogP contribution >= 0.6 is 0 Å². The number of aliphatic hydroxyl groups is 2. The van der Waals surface area contributed by atoms with Crippen molar-refractivity contribution in [2.45, 2.75) is 50.3 Å². The van der Waals surface area contributed by atoms with Crippen LogP contribution < -0.4 is 24.3 Å². The Bertz CT molecular complexity index is 1590. The minimum Gasteiger partial charge on any atom is -0.497 e. The number of nitrogens with one attached hydrogen (secondary N) is 1. The molecule has 2 aromatic carbocycles. The summed E-state index contributed by atoms with van der Waals surface area (Å²) in [5, 5.41) is 24.9. The number of methoxy groups -OCH3 is 4. The van der Waals surface area contributed by atoms with Crippen molar-refractivity contribution in [3.63, 3.8) is 0 Å². The zero-order chi connectivity index (χ0) is 32.1. The van der Waals surface area contributed by atoms with Gasteiger partial charge in [0, 0.05) is 6.42 Å². The molecule has 45 heavy (non-hydrogen) atoms. The van der Waals surface area contributed by atoms with Crippen LogP contribution in [0.25, 0.3) is 11.2 Å². The highest BCUT2D eigenvalue weighted by atomic mass is 16.6. The smallest absolute Gasteiger partial charge is 0.306 e. The van der Waals surface area contributed by atoms with Crippen molar-refractivity contribution in [2.75, 3.05) is 40.4 Å². The van der Waals surface area contributed by atoms with E-state index in [4.69, 9.17) is 28.4 Å². The number of imidazole rings is 1. The van der Waals surface area contributed by atoms with E-state index in [0.717, 1.165) is 16.9 Å². The van der Waals surface area contributed by atoms with E-state index in [0.29, 0.717) is 40.7 Å². The summed E-state index contributed by atoms with van der Waals surface area (Å²) >= 11 is 0.